The molecule has 0 aromatic heterocycles. The van der Waals surface area contributed by atoms with Crippen LogP contribution >= 0.6 is 0 Å². The fourth-order valence-electron chi connectivity index (χ4n) is 1.03. The highest BCUT2D eigenvalue weighted by Gasteiger charge is 2.14. The Balaban J connectivity index is 2.60. The van der Waals surface area contributed by atoms with Crippen LogP contribution in [0.15, 0.2) is 12.7 Å². The second kappa shape index (κ2) is 2.67. The van der Waals surface area contributed by atoms with Gasteiger partial charge in [-0.15, -0.1) is 0 Å². The minimum absolute atomic E-state index is 0.0405. The molecule has 9 heavy (non-hydrogen) atoms. The SMILES string of the molecule is C=C[C@@H]1CCCC=[N+]1[O-]. The smallest absolute Gasteiger partial charge is 0.181 e. The Morgan fingerprint density at radius 1 is 1.78 bits per heavy atom. The molecule has 0 aromatic carbocycles. The summed E-state index contributed by atoms with van der Waals surface area (Å²) in [5, 5.41) is 10.8. The average Bonchev–Trinajstić information content (AvgIpc) is 1.89. The van der Waals surface area contributed by atoms with Gasteiger partial charge in [0.15, 0.2) is 12.3 Å². The van der Waals surface area contributed by atoms with Gasteiger partial charge in [0.2, 0.25) is 0 Å². The van der Waals surface area contributed by atoms with Crippen molar-refractivity contribution in [3.05, 3.63) is 17.9 Å². The van der Waals surface area contributed by atoms with E-state index in [0.717, 1.165) is 24.0 Å². The molecule has 0 bridgehead atoms. The van der Waals surface area contributed by atoms with Gasteiger partial charge in [0.05, 0.1) is 0 Å². The largest absolute Gasteiger partial charge is 0.624 e. The fraction of sp³-hybridized carbons (Fsp3) is 0.571. The first-order valence-corrected chi connectivity index (χ1v) is 3.26. The third-order valence-electron chi connectivity index (χ3n) is 1.61. The third kappa shape index (κ3) is 1.31. The van der Waals surface area contributed by atoms with Crippen molar-refractivity contribution < 1.29 is 4.74 Å². The lowest BCUT2D eigenvalue weighted by Gasteiger charge is -2.16. The number of hydrogen-bond donors (Lipinski definition) is 0. The molecule has 1 rings (SSSR count). The summed E-state index contributed by atoms with van der Waals surface area (Å²) in [5.74, 6) is 0. The molecule has 0 aliphatic carbocycles. The summed E-state index contributed by atoms with van der Waals surface area (Å²) in [7, 11) is 0. The second-order valence-corrected chi connectivity index (χ2v) is 2.28. The minimum Gasteiger partial charge on any atom is -0.624 e. The van der Waals surface area contributed by atoms with Crippen LogP contribution in [-0.2, 0) is 0 Å². The van der Waals surface area contributed by atoms with E-state index in [9.17, 15) is 5.21 Å². The lowest BCUT2D eigenvalue weighted by atomic mass is 10.1. The summed E-state index contributed by atoms with van der Waals surface area (Å²) in [6.07, 6.45) is 6.41. The molecule has 0 aromatic rings. The van der Waals surface area contributed by atoms with Gasteiger partial charge in [0.25, 0.3) is 0 Å². The van der Waals surface area contributed by atoms with Gasteiger partial charge in [0.1, 0.15) is 0 Å². The zero-order valence-corrected chi connectivity index (χ0v) is 5.42. The van der Waals surface area contributed by atoms with E-state index in [2.05, 4.69) is 6.58 Å². The van der Waals surface area contributed by atoms with Gasteiger partial charge in [-0.3, -0.25) is 0 Å². The van der Waals surface area contributed by atoms with Crippen LogP contribution in [-0.4, -0.2) is 17.0 Å². The number of hydrogen-bond acceptors (Lipinski definition) is 1. The molecular weight excluding hydrogens is 114 g/mol. The highest BCUT2D eigenvalue weighted by Crippen LogP contribution is 2.08. The topological polar surface area (TPSA) is 26.1 Å². The van der Waals surface area contributed by atoms with E-state index >= 15 is 0 Å². The normalized spacial score (nSPS) is 27.1. The van der Waals surface area contributed by atoms with Gasteiger partial charge in [-0.25, -0.2) is 4.74 Å². The van der Waals surface area contributed by atoms with Crippen molar-refractivity contribution in [2.75, 3.05) is 0 Å². The molecule has 50 valence electrons. The lowest BCUT2D eigenvalue weighted by molar-refractivity contribution is -0.489. The first-order chi connectivity index (χ1) is 4.34. The summed E-state index contributed by atoms with van der Waals surface area (Å²) >= 11 is 0. The van der Waals surface area contributed by atoms with Gasteiger partial charge in [0, 0.05) is 12.8 Å². The molecule has 1 heterocycles. The molecule has 1 aliphatic heterocycles. The molecule has 0 radical (unpaired) electrons. The quantitative estimate of drug-likeness (QED) is 0.295. The van der Waals surface area contributed by atoms with Crippen LogP contribution in [0.3, 0.4) is 0 Å². The minimum atomic E-state index is 0.0405. The Kier molecular flexibility index (Phi) is 1.88. The number of rotatable bonds is 1. The lowest BCUT2D eigenvalue weighted by Crippen LogP contribution is -2.23. The van der Waals surface area contributed by atoms with Crippen LogP contribution in [0.4, 0.5) is 0 Å². The molecule has 2 heteroatoms. The first-order valence-electron chi connectivity index (χ1n) is 3.26. The van der Waals surface area contributed by atoms with E-state index < -0.39 is 0 Å². The van der Waals surface area contributed by atoms with Gasteiger partial charge in [-0.05, 0) is 12.5 Å². The Labute approximate surface area is 55.1 Å². The van der Waals surface area contributed by atoms with E-state index in [1.165, 1.54) is 0 Å². The van der Waals surface area contributed by atoms with E-state index in [4.69, 9.17) is 0 Å². The maximum Gasteiger partial charge on any atom is 0.181 e. The van der Waals surface area contributed by atoms with Gasteiger partial charge in [-0.1, -0.05) is 6.58 Å². The summed E-state index contributed by atoms with van der Waals surface area (Å²) in [4.78, 5) is 0. The van der Waals surface area contributed by atoms with Gasteiger partial charge >= 0.3 is 0 Å². The maximum absolute atomic E-state index is 10.8. The first kappa shape index (κ1) is 6.33. The molecule has 1 atom stereocenters. The molecule has 2 nitrogen and oxygen atoms in total. The van der Waals surface area contributed by atoms with E-state index in [1.54, 1.807) is 12.3 Å². The van der Waals surface area contributed by atoms with Gasteiger partial charge in [-0.2, -0.15) is 0 Å². The van der Waals surface area contributed by atoms with Crippen molar-refractivity contribution in [3.8, 4) is 0 Å². The fourth-order valence-corrected chi connectivity index (χ4v) is 1.03. The van der Waals surface area contributed by atoms with Crippen molar-refractivity contribution in [2.24, 2.45) is 0 Å². The van der Waals surface area contributed by atoms with E-state index in [0.29, 0.717) is 0 Å². The van der Waals surface area contributed by atoms with Crippen LogP contribution in [0.2, 0.25) is 0 Å². The Bertz CT molecular complexity index is 140. The number of nitrogens with zero attached hydrogens (tertiary/aromatic N) is 1. The zero-order chi connectivity index (χ0) is 6.69. The second-order valence-electron chi connectivity index (χ2n) is 2.28. The highest BCUT2D eigenvalue weighted by atomic mass is 16.5. The van der Waals surface area contributed by atoms with Crippen molar-refractivity contribution in [3.63, 3.8) is 0 Å². The highest BCUT2D eigenvalue weighted by molar-refractivity contribution is 5.52. The summed E-state index contributed by atoms with van der Waals surface area (Å²) in [6, 6.07) is 0.0405. The Hall–Kier alpha value is -0.790. The van der Waals surface area contributed by atoms with Crippen molar-refractivity contribution >= 4 is 6.21 Å². The Morgan fingerprint density at radius 3 is 3.00 bits per heavy atom. The molecule has 0 saturated heterocycles. The maximum atomic E-state index is 10.8. The van der Waals surface area contributed by atoms with Crippen molar-refractivity contribution in [1.29, 1.82) is 0 Å². The molecule has 1 aliphatic rings. The monoisotopic (exact) mass is 125 g/mol. The molecular formula is C7H11NO. The Morgan fingerprint density at radius 2 is 2.56 bits per heavy atom. The van der Waals surface area contributed by atoms with Crippen LogP contribution in [0.1, 0.15) is 19.3 Å². The molecule has 0 saturated carbocycles. The van der Waals surface area contributed by atoms with Crippen molar-refractivity contribution in [2.45, 2.75) is 25.3 Å². The van der Waals surface area contributed by atoms with Crippen LogP contribution in [0, 0.1) is 5.21 Å². The van der Waals surface area contributed by atoms with E-state index in [1.807, 2.05) is 0 Å². The standard InChI is InChI=1S/C7H11NO/c1-2-7-5-3-4-6-8(7)9/h2,6-7H,1,3-5H2/t7-/m1/s1. The third-order valence-corrected chi connectivity index (χ3v) is 1.61. The summed E-state index contributed by atoms with van der Waals surface area (Å²) in [5.41, 5.74) is 0. The molecule has 0 fully saturated rings. The molecule has 0 unspecified atom stereocenters. The van der Waals surface area contributed by atoms with Gasteiger partial charge < -0.3 is 5.21 Å². The molecule has 0 N–H and O–H groups in total. The predicted molar refractivity (Wildman–Crippen MR) is 37.5 cm³/mol. The van der Waals surface area contributed by atoms with Crippen molar-refractivity contribution in [1.82, 2.24) is 0 Å². The molecule has 0 amide bonds. The predicted octanol–water partition coefficient (Wildman–Crippen LogP) is 1.31. The zero-order valence-electron chi connectivity index (χ0n) is 5.42. The van der Waals surface area contributed by atoms with Crippen LogP contribution in [0.25, 0.3) is 0 Å². The summed E-state index contributed by atoms with van der Waals surface area (Å²) in [6.45, 7) is 3.57. The average molecular weight is 125 g/mol. The van der Waals surface area contributed by atoms with Crippen LogP contribution < -0.4 is 0 Å². The molecule has 0 spiro atoms. The number of hydroxylamine groups is 1. The summed E-state index contributed by atoms with van der Waals surface area (Å²) < 4.78 is 0.997. The van der Waals surface area contributed by atoms with E-state index in [-0.39, 0.29) is 6.04 Å². The van der Waals surface area contributed by atoms with Crippen LogP contribution in [0.5, 0.6) is 0 Å².